The number of β-amino-alcohol motifs (C(OH)–C–C–N with tert-alkyl or cyclic N) is 1. The Kier molecular flexibility index (Phi) is 4.99. The molecule has 1 amide bonds. The third-order valence-electron chi connectivity index (χ3n) is 5.68. The van der Waals surface area contributed by atoms with Crippen molar-refractivity contribution in [3.63, 3.8) is 0 Å². The summed E-state index contributed by atoms with van der Waals surface area (Å²) in [6, 6.07) is 0. The molecule has 2 fully saturated rings. The molecule has 7 heteroatoms. The highest BCUT2D eigenvalue weighted by Gasteiger charge is 2.45. The fourth-order valence-corrected chi connectivity index (χ4v) is 4.13. The molecule has 2 aliphatic rings. The van der Waals surface area contributed by atoms with E-state index in [4.69, 9.17) is 5.11 Å². The lowest BCUT2D eigenvalue weighted by Gasteiger charge is -2.51. The summed E-state index contributed by atoms with van der Waals surface area (Å²) in [4.78, 5) is 23.3. The summed E-state index contributed by atoms with van der Waals surface area (Å²) in [6.07, 6.45) is 5.99. The van der Waals surface area contributed by atoms with Gasteiger partial charge in [-0.1, -0.05) is 0 Å². The smallest absolute Gasteiger partial charge is 0.271 e. The van der Waals surface area contributed by atoms with Gasteiger partial charge in [0.25, 0.3) is 5.91 Å². The molecule has 23 heavy (non-hydrogen) atoms. The van der Waals surface area contributed by atoms with Crippen LogP contribution < -0.4 is 0 Å². The molecular weight excluding hydrogens is 296 g/mol. The third kappa shape index (κ3) is 3.27. The molecular formula is C16H26N4O3. The maximum Gasteiger partial charge on any atom is 0.271 e. The van der Waals surface area contributed by atoms with Gasteiger partial charge in [0.1, 0.15) is 5.69 Å². The minimum Gasteiger partial charge on any atom is -0.396 e. The molecule has 1 aromatic rings. The fourth-order valence-electron chi connectivity index (χ4n) is 4.13. The van der Waals surface area contributed by atoms with Crippen LogP contribution >= 0.6 is 0 Å². The molecule has 1 aromatic heterocycles. The number of H-pyrrole nitrogens is 1. The third-order valence-corrected chi connectivity index (χ3v) is 5.68. The van der Waals surface area contributed by atoms with Crippen molar-refractivity contribution in [2.75, 3.05) is 45.9 Å². The first-order valence-electron chi connectivity index (χ1n) is 8.40. The van der Waals surface area contributed by atoms with Gasteiger partial charge in [-0.05, 0) is 31.2 Å². The Bertz CT molecular complexity index is 511. The lowest BCUT2D eigenvalue weighted by Crippen LogP contribution is -2.54. The van der Waals surface area contributed by atoms with Gasteiger partial charge in [-0.25, -0.2) is 4.98 Å². The number of piperidine rings is 2. The molecule has 1 atom stereocenters. The minimum atomic E-state index is 0.00983. The number of hydrogen-bond acceptors (Lipinski definition) is 5. The number of carbonyl (C=O) groups is 1. The van der Waals surface area contributed by atoms with Crippen molar-refractivity contribution in [3.8, 4) is 0 Å². The zero-order valence-corrected chi connectivity index (χ0v) is 13.4. The average Bonchev–Trinajstić information content (AvgIpc) is 3.11. The second-order valence-corrected chi connectivity index (χ2v) is 6.77. The number of aliphatic hydroxyl groups excluding tert-OH is 2. The number of imidazole rings is 1. The standard InChI is InChI=1S/C16H26N4O3/c21-8-7-19-4-1-16(13(10-19)11-22)2-5-20(6-3-16)15(23)14-9-17-12-18-14/h9,12-13,21-22H,1-8,10-11H2,(H,17,18). The Labute approximate surface area is 136 Å². The number of aliphatic hydroxyl groups is 2. The van der Waals surface area contributed by atoms with E-state index in [0.29, 0.717) is 12.2 Å². The molecule has 0 saturated carbocycles. The van der Waals surface area contributed by atoms with Crippen LogP contribution in [0.25, 0.3) is 0 Å². The molecule has 0 radical (unpaired) electrons. The SMILES string of the molecule is O=C(c1cnc[nH]1)N1CCC2(CCN(CCO)CC2CO)CC1. The van der Waals surface area contributed by atoms with Crippen LogP contribution in [-0.4, -0.2) is 81.8 Å². The quantitative estimate of drug-likeness (QED) is 0.722. The van der Waals surface area contributed by atoms with Crippen molar-refractivity contribution in [3.05, 3.63) is 18.2 Å². The second-order valence-electron chi connectivity index (χ2n) is 6.77. The first-order chi connectivity index (χ1) is 11.2. The summed E-state index contributed by atoms with van der Waals surface area (Å²) >= 11 is 0. The topological polar surface area (TPSA) is 92.7 Å². The molecule has 3 N–H and O–H groups in total. The van der Waals surface area contributed by atoms with Crippen molar-refractivity contribution in [1.82, 2.24) is 19.8 Å². The fraction of sp³-hybridized carbons (Fsp3) is 0.750. The van der Waals surface area contributed by atoms with Gasteiger partial charge < -0.3 is 25.0 Å². The maximum atomic E-state index is 12.4. The number of nitrogens with one attached hydrogen (secondary N) is 1. The van der Waals surface area contributed by atoms with Crippen molar-refractivity contribution in [2.45, 2.75) is 19.3 Å². The van der Waals surface area contributed by atoms with Gasteiger partial charge in [-0.15, -0.1) is 0 Å². The zero-order valence-electron chi connectivity index (χ0n) is 13.4. The lowest BCUT2D eigenvalue weighted by atomic mass is 9.64. The van der Waals surface area contributed by atoms with E-state index in [0.717, 1.165) is 45.4 Å². The maximum absolute atomic E-state index is 12.4. The van der Waals surface area contributed by atoms with Crippen LogP contribution in [0, 0.1) is 11.3 Å². The van der Waals surface area contributed by atoms with E-state index in [1.165, 1.54) is 6.33 Å². The molecule has 0 aromatic carbocycles. The lowest BCUT2D eigenvalue weighted by molar-refractivity contribution is -0.0403. The summed E-state index contributed by atoms with van der Waals surface area (Å²) in [5.41, 5.74) is 0.670. The molecule has 0 bridgehead atoms. The monoisotopic (exact) mass is 322 g/mol. The van der Waals surface area contributed by atoms with Crippen LogP contribution in [0.5, 0.6) is 0 Å². The first-order valence-corrected chi connectivity index (χ1v) is 8.40. The molecule has 1 unspecified atom stereocenters. The summed E-state index contributed by atoms with van der Waals surface area (Å²) in [7, 11) is 0. The number of likely N-dealkylation sites (tertiary alicyclic amines) is 2. The Morgan fingerprint density at radius 2 is 2.04 bits per heavy atom. The summed E-state index contributed by atoms with van der Waals surface area (Å²) in [6.45, 7) is 4.28. The molecule has 0 aliphatic carbocycles. The molecule has 128 valence electrons. The molecule has 7 nitrogen and oxygen atoms in total. The van der Waals surface area contributed by atoms with E-state index in [1.807, 2.05) is 4.90 Å². The number of aromatic nitrogens is 2. The summed E-state index contributed by atoms with van der Waals surface area (Å²) in [5, 5.41) is 18.9. The Morgan fingerprint density at radius 1 is 1.30 bits per heavy atom. The van der Waals surface area contributed by atoms with Gasteiger partial charge in [0, 0.05) is 38.7 Å². The van der Waals surface area contributed by atoms with E-state index in [9.17, 15) is 9.90 Å². The highest BCUT2D eigenvalue weighted by Crippen LogP contribution is 2.45. The number of nitrogens with zero attached hydrogens (tertiary/aromatic N) is 3. The number of carbonyl (C=O) groups excluding carboxylic acids is 1. The van der Waals surface area contributed by atoms with Crippen LogP contribution in [0.3, 0.4) is 0 Å². The molecule has 3 rings (SSSR count). The predicted octanol–water partition coefficient (Wildman–Crippen LogP) is -0.0614. The predicted molar refractivity (Wildman–Crippen MR) is 84.9 cm³/mol. The number of hydrogen-bond donors (Lipinski definition) is 3. The largest absolute Gasteiger partial charge is 0.396 e. The van der Waals surface area contributed by atoms with E-state index in [1.54, 1.807) is 6.20 Å². The summed E-state index contributed by atoms with van der Waals surface area (Å²) < 4.78 is 0. The van der Waals surface area contributed by atoms with Gasteiger partial charge in [-0.3, -0.25) is 4.79 Å². The van der Waals surface area contributed by atoms with E-state index < -0.39 is 0 Å². The van der Waals surface area contributed by atoms with Crippen LogP contribution in [-0.2, 0) is 0 Å². The van der Waals surface area contributed by atoms with Crippen molar-refractivity contribution in [2.24, 2.45) is 11.3 Å². The second kappa shape index (κ2) is 6.98. The zero-order chi connectivity index (χ0) is 16.3. The van der Waals surface area contributed by atoms with Gasteiger partial charge in [0.2, 0.25) is 0 Å². The Balaban J connectivity index is 1.62. The van der Waals surface area contributed by atoms with E-state index in [-0.39, 0.29) is 30.5 Å². The average molecular weight is 322 g/mol. The number of aromatic amines is 1. The number of amides is 1. The highest BCUT2D eigenvalue weighted by atomic mass is 16.3. The number of rotatable bonds is 4. The van der Waals surface area contributed by atoms with Crippen LogP contribution in [0.2, 0.25) is 0 Å². The van der Waals surface area contributed by atoms with Gasteiger partial charge in [-0.2, -0.15) is 0 Å². The van der Waals surface area contributed by atoms with Gasteiger partial charge in [0.15, 0.2) is 0 Å². The van der Waals surface area contributed by atoms with Gasteiger partial charge in [0.05, 0.1) is 19.1 Å². The molecule has 2 saturated heterocycles. The Hall–Kier alpha value is -1.44. The molecule has 3 heterocycles. The Morgan fingerprint density at radius 3 is 2.65 bits per heavy atom. The normalized spacial score (nSPS) is 25.0. The molecule has 2 aliphatic heterocycles. The van der Waals surface area contributed by atoms with Crippen molar-refractivity contribution in [1.29, 1.82) is 0 Å². The van der Waals surface area contributed by atoms with Crippen LogP contribution in [0.1, 0.15) is 29.8 Å². The van der Waals surface area contributed by atoms with Gasteiger partial charge >= 0.3 is 0 Å². The highest BCUT2D eigenvalue weighted by molar-refractivity contribution is 5.92. The van der Waals surface area contributed by atoms with Crippen molar-refractivity contribution < 1.29 is 15.0 Å². The van der Waals surface area contributed by atoms with Crippen LogP contribution in [0.4, 0.5) is 0 Å². The van der Waals surface area contributed by atoms with E-state index >= 15 is 0 Å². The van der Waals surface area contributed by atoms with E-state index in [2.05, 4.69) is 14.9 Å². The summed E-state index contributed by atoms with van der Waals surface area (Å²) in [5.74, 6) is 0.239. The molecule has 1 spiro atoms. The van der Waals surface area contributed by atoms with Crippen LogP contribution in [0.15, 0.2) is 12.5 Å². The van der Waals surface area contributed by atoms with Crippen molar-refractivity contribution >= 4 is 5.91 Å². The first kappa shape index (κ1) is 16.4. The minimum absolute atomic E-state index is 0.00983.